The molecular weight excluding hydrogens is 440 g/mol. The predicted molar refractivity (Wildman–Crippen MR) is 127 cm³/mol. The lowest BCUT2D eigenvalue weighted by Gasteiger charge is -2.43. The van der Waals surface area contributed by atoms with Crippen LogP contribution in [0.15, 0.2) is 12.7 Å². The van der Waals surface area contributed by atoms with E-state index in [1.165, 1.54) is 6.42 Å². The molecule has 7 nitrogen and oxygen atoms in total. The van der Waals surface area contributed by atoms with Gasteiger partial charge in [0.25, 0.3) is 0 Å². The van der Waals surface area contributed by atoms with Crippen LogP contribution in [0.1, 0.15) is 59.3 Å². The van der Waals surface area contributed by atoms with Crippen molar-refractivity contribution in [2.75, 3.05) is 19.8 Å². The topological polar surface area (TPSA) is 87.2 Å². The number of aliphatic hydroxyl groups excluding tert-OH is 1. The highest BCUT2D eigenvalue weighted by Crippen LogP contribution is 2.69. The molecule has 0 aromatic carbocycles. The molecule has 4 fully saturated rings. The lowest BCUT2D eigenvalue weighted by atomic mass is 9.66. The van der Waals surface area contributed by atoms with E-state index in [1.807, 2.05) is 4.90 Å². The monoisotopic (exact) mass is 478 g/mol. The van der Waals surface area contributed by atoms with Gasteiger partial charge in [-0.05, 0) is 39.0 Å². The second-order valence-corrected chi connectivity index (χ2v) is 11.7. The SMILES string of the molecule is C=CCN(C(=O)C1N([C@H](C)CO)C(=O)[C@@H]2[C@@H](C(=O)OCC)[C@H]3CC(C)C12S3)C1CCCCC1. The number of likely N-dealkylation sites (tertiary alicyclic amines) is 1. The lowest BCUT2D eigenvalue weighted by molar-refractivity contribution is -0.154. The summed E-state index contributed by atoms with van der Waals surface area (Å²) in [6, 6.07) is -1.05. The smallest absolute Gasteiger partial charge is 0.310 e. The number of thioether (sulfide) groups is 1. The number of carbonyl (C=O) groups excluding carboxylic acids is 3. The van der Waals surface area contributed by atoms with E-state index < -0.39 is 28.7 Å². The highest BCUT2D eigenvalue weighted by Gasteiger charge is 2.77. The standard InChI is InChI=1S/C25H38N2O5S/c1-5-12-26(17-10-8-7-9-11-17)23(30)21-25-15(3)13-18(33-25)19(24(31)32-6-2)20(25)22(29)27(21)16(4)14-28/h5,15-21,28H,1,6-14H2,2-4H3/t15?,16-,18-,19+,20+,21?,25?/m1/s1. The molecule has 3 saturated heterocycles. The van der Waals surface area contributed by atoms with E-state index in [4.69, 9.17) is 4.74 Å². The summed E-state index contributed by atoms with van der Waals surface area (Å²) in [4.78, 5) is 44.8. The van der Waals surface area contributed by atoms with Crippen LogP contribution in [0.2, 0.25) is 0 Å². The first-order valence-electron chi connectivity index (χ1n) is 12.5. The van der Waals surface area contributed by atoms with Gasteiger partial charge in [0.05, 0.1) is 35.8 Å². The van der Waals surface area contributed by atoms with Crippen LogP contribution >= 0.6 is 11.8 Å². The van der Waals surface area contributed by atoms with Crippen LogP contribution in [0.25, 0.3) is 0 Å². The van der Waals surface area contributed by atoms with Crippen LogP contribution in [-0.4, -0.2) is 80.6 Å². The zero-order valence-electron chi connectivity index (χ0n) is 20.1. The van der Waals surface area contributed by atoms with Gasteiger partial charge < -0.3 is 19.6 Å². The van der Waals surface area contributed by atoms with Crippen LogP contribution in [0.5, 0.6) is 0 Å². The minimum atomic E-state index is -0.691. The molecule has 2 bridgehead atoms. The molecule has 1 aliphatic carbocycles. The fourth-order valence-electron chi connectivity index (χ4n) is 6.92. The molecule has 2 amide bonds. The predicted octanol–water partition coefficient (Wildman–Crippen LogP) is 2.61. The number of hydrogen-bond acceptors (Lipinski definition) is 6. The number of nitrogens with zero attached hydrogens (tertiary/aromatic N) is 2. The summed E-state index contributed by atoms with van der Waals surface area (Å²) in [5.41, 5.74) is 0. The fourth-order valence-corrected chi connectivity index (χ4v) is 9.31. The molecule has 3 unspecified atom stereocenters. The van der Waals surface area contributed by atoms with E-state index in [9.17, 15) is 19.5 Å². The first kappa shape index (κ1) is 24.6. The van der Waals surface area contributed by atoms with Crippen LogP contribution in [0, 0.1) is 17.8 Å². The Morgan fingerprint density at radius 1 is 1.36 bits per heavy atom. The quantitative estimate of drug-likeness (QED) is 0.426. The van der Waals surface area contributed by atoms with Crippen molar-refractivity contribution in [3.8, 4) is 0 Å². The zero-order valence-corrected chi connectivity index (χ0v) is 20.9. The van der Waals surface area contributed by atoms with Crippen molar-refractivity contribution in [3.63, 3.8) is 0 Å². The molecule has 4 aliphatic rings. The van der Waals surface area contributed by atoms with Crippen LogP contribution in [0.4, 0.5) is 0 Å². The fraction of sp³-hybridized carbons (Fsp3) is 0.800. The maximum absolute atomic E-state index is 14.4. The Morgan fingerprint density at radius 3 is 2.67 bits per heavy atom. The summed E-state index contributed by atoms with van der Waals surface area (Å²) in [5, 5.41) is 10.0. The molecule has 3 aliphatic heterocycles. The number of esters is 1. The second-order valence-electron chi connectivity index (χ2n) is 10.2. The van der Waals surface area contributed by atoms with E-state index in [0.29, 0.717) is 6.54 Å². The van der Waals surface area contributed by atoms with E-state index >= 15 is 0 Å². The van der Waals surface area contributed by atoms with Gasteiger partial charge in [0.1, 0.15) is 6.04 Å². The third-order valence-corrected chi connectivity index (χ3v) is 10.4. The minimum Gasteiger partial charge on any atom is -0.466 e. The first-order chi connectivity index (χ1) is 15.8. The van der Waals surface area contributed by atoms with E-state index in [2.05, 4.69) is 13.5 Å². The van der Waals surface area contributed by atoms with Gasteiger partial charge >= 0.3 is 5.97 Å². The average molecular weight is 479 g/mol. The molecule has 184 valence electrons. The molecule has 3 heterocycles. The van der Waals surface area contributed by atoms with Gasteiger partial charge in [-0.15, -0.1) is 18.3 Å². The van der Waals surface area contributed by atoms with Crippen LogP contribution < -0.4 is 0 Å². The summed E-state index contributed by atoms with van der Waals surface area (Å²) in [6.45, 7) is 10.1. The number of carbonyl (C=O) groups is 3. The zero-order chi connectivity index (χ0) is 23.9. The number of ether oxygens (including phenoxy) is 1. The van der Waals surface area contributed by atoms with Gasteiger partial charge in [0.15, 0.2) is 0 Å². The average Bonchev–Trinajstić information content (AvgIpc) is 3.41. The van der Waals surface area contributed by atoms with Gasteiger partial charge in [-0.2, -0.15) is 0 Å². The molecule has 8 heteroatoms. The van der Waals surface area contributed by atoms with Crippen molar-refractivity contribution in [3.05, 3.63) is 12.7 Å². The number of aliphatic hydroxyl groups is 1. The summed E-state index contributed by atoms with van der Waals surface area (Å²) in [5.74, 6) is -1.59. The summed E-state index contributed by atoms with van der Waals surface area (Å²) >= 11 is 1.66. The van der Waals surface area contributed by atoms with Crippen molar-refractivity contribution >= 4 is 29.5 Å². The van der Waals surface area contributed by atoms with Gasteiger partial charge in [-0.1, -0.05) is 32.3 Å². The number of rotatable bonds is 8. The molecule has 0 aromatic heterocycles. The van der Waals surface area contributed by atoms with Gasteiger partial charge in [-0.3, -0.25) is 14.4 Å². The van der Waals surface area contributed by atoms with Crippen LogP contribution in [-0.2, 0) is 19.1 Å². The van der Waals surface area contributed by atoms with Crippen molar-refractivity contribution in [1.82, 2.24) is 9.80 Å². The second kappa shape index (κ2) is 9.61. The number of hydrogen-bond donors (Lipinski definition) is 1. The molecule has 33 heavy (non-hydrogen) atoms. The molecule has 1 N–H and O–H groups in total. The lowest BCUT2D eigenvalue weighted by Crippen LogP contribution is -2.60. The Morgan fingerprint density at radius 2 is 2.06 bits per heavy atom. The number of amides is 2. The Labute approximate surface area is 201 Å². The Kier molecular flexibility index (Phi) is 7.16. The van der Waals surface area contributed by atoms with Crippen LogP contribution in [0.3, 0.4) is 0 Å². The molecule has 0 aromatic rings. The highest BCUT2D eigenvalue weighted by atomic mass is 32.2. The Balaban J connectivity index is 1.77. The summed E-state index contributed by atoms with van der Waals surface area (Å²) < 4.78 is 4.71. The maximum Gasteiger partial charge on any atom is 0.310 e. The van der Waals surface area contributed by atoms with Crippen molar-refractivity contribution in [2.45, 2.75) is 87.4 Å². The normalized spacial score (nSPS) is 36.5. The molecule has 7 atom stereocenters. The summed E-state index contributed by atoms with van der Waals surface area (Å²) in [6.07, 6.45) is 7.85. The Bertz CT molecular complexity index is 800. The van der Waals surface area contributed by atoms with Crippen molar-refractivity contribution in [2.24, 2.45) is 17.8 Å². The maximum atomic E-state index is 14.4. The highest BCUT2D eigenvalue weighted by molar-refractivity contribution is 8.02. The first-order valence-corrected chi connectivity index (χ1v) is 13.4. The summed E-state index contributed by atoms with van der Waals surface area (Å²) in [7, 11) is 0. The third-order valence-electron chi connectivity index (χ3n) is 8.34. The van der Waals surface area contributed by atoms with E-state index in [-0.39, 0.29) is 48.2 Å². The van der Waals surface area contributed by atoms with Gasteiger partial charge in [-0.25, -0.2) is 0 Å². The largest absolute Gasteiger partial charge is 0.466 e. The van der Waals surface area contributed by atoms with E-state index in [0.717, 1.165) is 32.1 Å². The molecule has 0 radical (unpaired) electrons. The molecular formula is C25H38N2O5S. The van der Waals surface area contributed by atoms with Crippen molar-refractivity contribution < 1.29 is 24.2 Å². The Hall–Kier alpha value is -1.54. The minimum absolute atomic E-state index is 0.0163. The molecule has 4 rings (SSSR count). The molecule has 1 spiro atoms. The van der Waals surface area contributed by atoms with Gasteiger partial charge in [0.2, 0.25) is 11.8 Å². The van der Waals surface area contributed by atoms with E-state index in [1.54, 1.807) is 36.6 Å². The molecule has 1 saturated carbocycles. The third kappa shape index (κ3) is 3.72. The number of fused-ring (bicyclic) bond motifs is 1. The van der Waals surface area contributed by atoms with Crippen molar-refractivity contribution in [1.29, 1.82) is 0 Å². The van der Waals surface area contributed by atoms with Gasteiger partial charge in [0, 0.05) is 17.8 Å².